The molecule has 2 aliphatic heterocycles. The first-order valence-electron chi connectivity index (χ1n) is 15.6. The molecule has 0 radical (unpaired) electrons. The first-order valence-corrected chi connectivity index (χ1v) is 17.2. The van der Waals surface area contributed by atoms with Gasteiger partial charge in [-0.05, 0) is 39.0 Å². The first-order chi connectivity index (χ1) is 21.6. The molecule has 0 unspecified atom stereocenters. The topological polar surface area (TPSA) is 128 Å². The van der Waals surface area contributed by atoms with E-state index in [0.29, 0.717) is 65.1 Å². The summed E-state index contributed by atoms with van der Waals surface area (Å²) < 4.78 is 6.08. The highest BCUT2D eigenvalue weighted by Crippen LogP contribution is 2.37. The highest BCUT2D eigenvalue weighted by molar-refractivity contribution is 7.17. The first kappa shape index (κ1) is 33.6. The van der Waals surface area contributed by atoms with Crippen molar-refractivity contribution in [2.45, 2.75) is 65.5 Å². The van der Waals surface area contributed by atoms with E-state index in [4.69, 9.17) is 32.9 Å². The molecule has 0 aromatic carbocycles. The SMILES string of the molecule is CCO[C@H]1CN(c2nc(-c3cnc(N4CCN(C(CC)CC)CC4)cn3)c(C(=O)O)s2)CC[C@H]1CC(=O)c1[nH]c(C)c(Cl)c1Cl. The van der Waals surface area contributed by atoms with Crippen LogP contribution in [0.15, 0.2) is 12.4 Å². The van der Waals surface area contributed by atoms with Crippen molar-refractivity contribution < 1.29 is 19.4 Å². The van der Waals surface area contributed by atoms with Crippen LogP contribution < -0.4 is 9.80 Å². The second-order valence-corrected chi connectivity index (χ2v) is 13.3. The van der Waals surface area contributed by atoms with Crippen molar-refractivity contribution in [2.75, 3.05) is 55.7 Å². The van der Waals surface area contributed by atoms with Crippen LogP contribution >= 0.6 is 34.5 Å². The lowest BCUT2D eigenvalue weighted by atomic mass is 9.88. The highest BCUT2D eigenvalue weighted by Gasteiger charge is 2.35. The summed E-state index contributed by atoms with van der Waals surface area (Å²) in [4.78, 5) is 49.3. The van der Waals surface area contributed by atoms with Crippen LogP contribution in [0.4, 0.5) is 10.9 Å². The summed E-state index contributed by atoms with van der Waals surface area (Å²) in [6.07, 6.45) is 6.30. The van der Waals surface area contributed by atoms with E-state index in [1.165, 1.54) is 0 Å². The molecule has 3 aromatic rings. The zero-order valence-corrected chi connectivity index (χ0v) is 28.5. The Morgan fingerprint density at radius 2 is 1.80 bits per heavy atom. The number of rotatable bonds is 12. The lowest BCUT2D eigenvalue weighted by molar-refractivity contribution is 0.0103. The minimum Gasteiger partial charge on any atom is -0.477 e. The number of carbonyl (C=O) groups excluding carboxylic acids is 1. The van der Waals surface area contributed by atoms with Crippen LogP contribution in [-0.4, -0.2) is 99.7 Å². The molecular formula is C31H41Cl2N7O4S. The molecule has 2 atom stereocenters. The molecule has 2 fully saturated rings. The molecule has 5 rings (SSSR count). The van der Waals surface area contributed by atoms with Gasteiger partial charge in [0.2, 0.25) is 0 Å². The summed E-state index contributed by atoms with van der Waals surface area (Å²) in [5, 5.41) is 11.2. The smallest absolute Gasteiger partial charge is 0.348 e. The van der Waals surface area contributed by atoms with E-state index in [2.05, 4.69) is 38.6 Å². The number of aromatic carboxylic acids is 1. The second kappa shape index (κ2) is 14.8. The summed E-state index contributed by atoms with van der Waals surface area (Å²) in [5.41, 5.74) is 1.71. The summed E-state index contributed by atoms with van der Waals surface area (Å²) in [6.45, 7) is 13.4. The lowest BCUT2D eigenvalue weighted by Crippen LogP contribution is -2.50. The highest BCUT2D eigenvalue weighted by atomic mass is 35.5. The molecule has 45 heavy (non-hydrogen) atoms. The van der Waals surface area contributed by atoms with Crippen LogP contribution in [0.5, 0.6) is 0 Å². The van der Waals surface area contributed by atoms with Gasteiger partial charge in [-0.25, -0.2) is 19.7 Å². The average molecular weight is 679 g/mol. The fourth-order valence-corrected chi connectivity index (χ4v) is 7.75. The normalized spacial score (nSPS) is 19.4. The molecule has 14 heteroatoms. The number of piperazine rings is 1. The number of carboxylic acids is 1. The number of aryl methyl sites for hydroxylation is 1. The van der Waals surface area contributed by atoms with Crippen LogP contribution in [0.2, 0.25) is 10.0 Å². The van der Waals surface area contributed by atoms with Gasteiger partial charge in [-0.1, -0.05) is 48.4 Å². The number of nitrogens with one attached hydrogen (secondary N) is 1. The van der Waals surface area contributed by atoms with Crippen molar-refractivity contribution >= 4 is 57.2 Å². The third-order valence-electron chi connectivity index (χ3n) is 8.92. The summed E-state index contributed by atoms with van der Waals surface area (Å²) >= 11 is 13.6. The lowest BCUT2D eigenvalue weighted by Gasteiger charge is -2.39. The minimum atomic E-state index is -1.06. The third-order valence-corrected chi connectivity index (χ3v) is 11.0. The number of Topliss-reactive ketones (excluding diaryl/α,β-unsaturated/α-hetero) is 1. The maximum Gasteiger partial charge on any atom is 0.348 e. The maximum absolute atomic E-state index is 13.1. The molecule has 11 nitrogen and oxygen atoms in total. The van der Waals surface area contributed by atoms with Crippen LogP contribution in [0.25, 0.3) is 11.4 Å². The van der Waals surface area contributed by atoms with Gasteiger partial charge in [0.15, 0.2) is 10.9 Å². The summed E-state index contributed by atoms with van der Waals surface area (Å²) in [5.74, 6) is -0.432. The number of aromatic amines is 1. The van der Waals surface area contributed by atoms with Crippen molar-refractivity contribution in [3.8, 4) is 11.4 Å². The predicted octanol–water partition coefficient (Wildman–Crippen LogP) is 6.06. The molecule has 2 N–H and O–H groups in total. The van der Waals surface area contributed by atoms with Crippen molar-refractivity contribution in [1.82, 2.24) is 24.8 Å². The Hall–Kier alpha value is -2.77. The Morgan fingerprint density at radius 3 is 2.38 bits per heavy atom. The quantitative estimate of drug-likeness (QED) is 0.218. The second-order valence-electron chi connectivity index (χ2n) is 11.6. The number of aromatic nitrogens is 4. The standard InChI is InChI=1S/C31H41Cl2N7O4S/c1-5-20(6-2)38-10-12-39(13-11-38)24-16-34-21(15-35-24)27-29(30(42)43)45-31(37-27)40-9-8-19(23(17-40)44-7-3)14-22(41)28-26(33)25(32)18(4)36-28/h15-16,19-20,23,36H,5-14,17H2,1-4H3,(H,42,43)/t19-,23-/m0/s1. The van der Waals surface area contributed by atoms with E-state index in [0.717, 1.165) is 56.2 Å². The molecule has 2 aliphatic rings. The van der Waals surface area contributed by atoms with Gasteiger partial charge in [-0.15, -0.1) is 0 Å². The van der Waals surface area contributed by atoms with E-state index >= 15 is 0 Å². The fourth-order valence-electron chi connectivity index (χ4n) is 6.37. The van der Waals surface area contributed by atoms with Crippen molar-refractivity contribution in [2.24, 2.45) is 5.92 Å². The number of anilines is 2. The monoisotopic (exact) mass is 677 g/mol. The fraction of sp³-hybridized carbons (Fsp3) is 0.581. The molecule has 5 heterocycles. The number of carboxylic acid groups (broad SMARTS) is 1. The van der Waals surface area contributed by atoms with Crippen molar-refractivity contribution in [3.05, 3.63) is 38.7 Å². The van der Waals surface area contributed by atoms with E-state index < -0.39 is 5.97 Å². The van der Waals surface area contributed by atoms with Gasteiger partial charge in [-0.2, -0.15) is 0 Å². The summed E-state index contributed by atoms with van der Waals surface area (Å²) in [6, 6.07) is 0.610. The van der Waals surface area contributed by atoms with Crippen molar-refractivity contribution in [1.29, 1.82) is 0 Å². The molecule has 0 amide bonds. The molecule has 3 aromatic heterocycles. The molecular weight excluding hydrogens is 637 g/mol. The van der Waals surface area contributed by atoms with Gasteiger partial charge >= 0.3 is 5.97 Å². The van der Waals surface area contributed by atoms with Crippen LogP contribution in [0.3, 0.4) is 0 Å². The molecule has 0 saturated carbocycles. The molecule has 0 spiro atoms. The number of H-pyrrole nitrogens is 1. The van der Waals surface area contributed by atoms with Crippen LogP contribution in [0.1, 0.15) is 72.3 Å². The molecule has 0 bridgehead atoms. The number of halogens is 2. The number of thiazole rings is 1. The molecule has 2 saturated heterocycles. The van der Waals surface area contributed by atoms with Crippen LogP contribution in [-0.2, 0) is 4.74 Å². The van der Waals surface area contributed by atoms with E-state index in [1.54, 1.807) is 19.3 Å². The number of nitrogens with zero attached hydrogens (tertiary/aromatic N) is 6. The largest absolute Gasteiger partial charge is 0.477 e. The Kier molecular flexibility index (Phi) is 11.0. The van der Waals surface area contributed by atoms with Gasteiger partial charge in [0, 0.05) is 64.0 Å². The van der Waals surface area contributed by atoms with Gasteiger partial charge in [0.05, 0.1) is 28.5 Å². The Bertz CT molecular complexity index is 1490. The number of carbonyl (C=O) groups is 2. The Balaban J connectivity index is 1.28. The zero-order valence-electron chi connectivity index (χ0n) is 26.2. The molecule has 0 aliphatic carbocycles. The van der Waals surface area contributed by atoms with Gasteiger partial charge in [-0.3, -0.25) is 9.69 Å². The van der Waals surface area contributed by atoms with Gasteiger partial charge < -0.3 is 24.6 Å². The third kappa shape index (κ3) is 7.30. The van der Waals surface area contributed by atoms with E-state index in [-0.39, 0.29) is 34.1 Å². The average Bonchev–Trinajstić information content (AvgIpc) is 3.61. The van der Waals surface area contributed by atoms with Gasteiger partial charge in [0.1, 0.15) is 27.8 Å². The van der Waals surface area contributed by atoms with Crippen LogP contribution in [0, 0.1) is 12.8 Å². The Labute approximate surface area is 277 Å². The van der Waals surface area contributed by atoms with Crippen molar-refractivity contribution in [3.63, 3.8) is 0 Å². The Morgan fingerprint density at radius 1 is 1.07 bits per heavy atom. The predicted molar refractivity (Wildman–Crippen MR) is 178 cm³/mol. The van der Waals surface area contributed by atoms with Gasteiger partial charge in [0.25, 0.3) is 0 Å². The number of hydrogen-bond acceptors (Lipinski definition) is 10. The summed E-state index contributed by atoms with van der Waals surface area (Å²) in [7, 11) is 0. The number of ketones is 1. The minimum absolute atomic E-state index is 0.0411. The zero-order chi connectivity index (χ0) is 32.2. The van der Waals surface area contributed by atoms with E-state index in [1.807, 2.05) is 11.8 Å². The van der Waals surface area contributed by atoms with E-state index in [9.17, 15) is 14.7 Å². The number of piperidine rings is 1. The number of hydrogen-bond donors (Lipinski definition) is 2. The number of ether oxygens (including phenoxy) is 1. The maximum atomic E-state index is 13.1. The molecule has 244 valence electrons.